The van der Waals surface area contributed by atoms with Crippen molar-refractivity contribution in [1.29, 1.82) is 0 Å². The molecule has 1 aliphatic rings. The predicted octanol–water partition coefficient (Wildman–Crippen LogP) is 2.91. The van der Waals surface area contributed by atoms with Crippen LogP contribution in [-0.2, 0) is 17.6 Å². The minimum absolute atomic E-state index is 0.0267. The molecule has 1 aromatic heterocycles. The topological polar surface area (TPSA) is 124 Å². The van der Waals surface area contributed by atoms with Gasteiger partial charge in [0, 0.05) is 45.3 Å². The number of hydrogen-bond acceptors (Lipinski definition) is 5. The van der Waals surface area contributed by atoms with Crippen molar-refractivity contribution in [2.45, 2.75) is 46.7 Å². The predicted molar refractivity (Wildman–Crippen MR) is 122 cm³/mol. The van der Waals surface area contributed by atoms with Crippen molar-refractivity contribution in [3.63, 3.8) is 0 Å². The van der Waals surface area contributed by atoms with Gasteiger partial charge in [0.2, 0.25) is 0 Å². The quantitative estimate of drug-likeness (QED) is 0.487. The van der Waals surface area contributed by atoms with E-state index in [4.69, 9.17) is 14.9 Å². The van der Waals surface area contributed by atoms with Gasteiger partial charge in [0.25, 0.3) is 5.91 Å². The van der Waals surface area contributed by atoms with Gasteiger partial charge in [0.15, 0.2) is 0 Å². The second-order valence-corrected chi connectivity index (χ2v) is 8.71. The number of aromatic nitrogens is 1. The van der Waals surface area contributed by atoms with E-state index in [9.17, 15) is 22.8 Å². The number of carbonyl (C=O) groups is 3. The molecule has 2 heterocycles. The molecule has 2 rings (SSSR count). The summed E-state index contributed by atoms with van der Waals surface area (Å²) in [4.78, 5) is 40.2. The smallest absolute Gasteiger partial charge is 0.475 e. The molecule has 4 N–H and O–H groups in total. The third kappa shape index (κ3) is 9.44. The van der Waals surface area contributed by atoms with Crippen molar-refractivity contribution >= 4 is 23.7 Å². The normalized spacial score (nSPS) is 13.4. The molecular weight excluding hydrogens is 455 g/mol. The van der Waals surface area contributed by atoms with Crippen LogP contribution in [0.3, 0.4) is 0 Å². The van der Waals surface area contributed by atoms with E-state index in [1.54, 1.807) is 7.05 Å². The lowest BCUT2D eigenvalue weighted by Crippen LogP contribution is -2.42. The van der Waals surface area contributed by atoms with Crippen LogP contribution in [0.25, 0.3) is 0 Å². The molecule has 0 spiro atoms. The SMILES string of the molecule is CNC(=O)c1cc2c(nc1NCC(C)C)CCN(C(=O)NCC(C)C)CC2.O=C(O)C(F)(F)F. The van der Waals surface area contributed by atoms with Crippen LogP contribution >= 0.6 is 0 Å². The number of nitrogens with zero attached hydrogens (tertiary/aromatic N) is 2. The van der Waals surface area contributed by atoms with Crippen LogP contribution < -0.4 is 16.0 Å². The van der Waals surface area contributed by atoms with Crippen LogP contribution in [0.4, 0.5) is 23.8 Å². The number of pyridine rings is 1. The number of anilines is 1. The van der Waals surface area contributed by atoms with E-state index in [1.807, 2.05) is 11.0 Å². The lowest BCUT2D eigenvalue weighted by Gasteiger charge is -2.21. The molecule has 0 fully saturated rings. The summed E-state index contributed by atoms with van der Waals surface area (Å²) in [6, 6.07) is 1.90. The second-order valence-electron chi connectivity index (χ2n) is 8.71. The largest absolute Gasteiger partial charge is 0.490 e. The fourth-order valence-corrected chi connectivity index (χ4v) is 2.98. The number of rotatable bonds is 6. The molecule has 0 saturated heterocycles. The van der Waals surface area contributed by atoms with Gasteiger partial charge in [-0.1, -0.05) is 27.7 Å². The van der Waals surface area contributed by atoms with E-state index < -0.39 is 12.1 Å². The third-order valence-electron chi connectivity index (χ3n) is 4.80. The van der Waals surface area contributed by atoms with Gasteiger partial charge in [-0.2, -0.15) is 13.2 Å². The molecule has 1 aromatic rings. The zero-order valence-electron chi connectivity index (χ0n) is 20.2. The molecule has 1 aliphatic heterocycles. The Labute approximate surface area is 197 Å². The molecule has 34 heavy (non-hydrogen) atoms. The van der Waals surface area contributed by atoms with Crippen molar-refractivity contribution in [3.05, 3.63) is 22.9 Å². The first kappa shape index (κ1) is 29.0. The Balaban J connectivity index is 0.000000718. The second kappa shape index (κ2) is 13.0. The fourth-order valence-electron chi connectivity index (χ4n) is 2.98. The highest BCUT2D eigenvalue weighted by molar-refractivity contribution is 5.98. The summed E-state index contributed by atoms with van der Waals surface area (Å²) in [5, 5.41) is 16.1. The molecule has 0 saturated carbocycles. The van der Waals surface area contributed by atoms with Gasteiger partial charge >= 0.3 is 18.2 Å². The lowest BCUT2D eigenvalue weighted by molar-refractivity contribution is -0.192. The zero-order chi connectivity index (χ0) is 26.1. The molecule has 0 aliphatic carbocycles. The lowest BCUT2D eigenvalue weighted by atomic mass is 10.0. The number of alkyl halides is 3. The van der Waals surface area contributed by atoms with Crippen molar-refractivity contribution in [2.75, 3.05) is 38.5 Å². The summed E-state index contributed by atoms with van der Waals surface area (Å²) >= 11 is 0. The molecule has 9 nitrogen and oxygen atoms in total. The van der Waals surface area contributed by atoms with E-state index in [1.165, 1.54) is 0 Å². The average Bonchev–Trinajstić information content (AvgIpc) is 2.96. The van der Waals surface area contributed by atoms with Crippen LogP contribution in [-0.4, -0.2) is 72.3 Å². The first-order valence-electron chi connectivity index (χ1n) is 11.1. The summed E-state index contributed by atoms with van der Waals surface area (Å²) in [5.74, 6) is -1.41. The Morgan fingerprint density at radius 3 is 2.15 bits per heavy atom. The molecule has 0 aromatic carbocycles. The maximum Gasteiger partial charge on any atom is 0.490 e. The number of fused-ring (bicyclic) bond motifs is 1. The van der Waals surface area contributed by atoms with E-state index >= 15 is 0 Å². The number of urea groups is 1. The first-order valence-corrected chi connectivity index (χ1v) is 11.1. The molecule has 0 radical (unpaired) electrons. The summed E-state index contributed by atoms with van der Waals surface area (Å²) in [5.41, 5.74) is 2.57. The highest BCUT2D eigenvalue weighted by Gasteiger charge is 2.38. The molecule has 3 amide bonds. The summed E-state index contributed by atoms with van der Waals surface area (Å²) in [6.07, 6.45) is -3.69. The molecular formula is C22H34F3N5O4. The number of carbonyl (C=O) groups excluding carboxylic acids is 2. The maximum absolute atomic E-state index is 12.4. The highest BCUT2D eigenvalue weighted by atomic mass is 19.4. The van der Waals surface area contributed by atoms with Gasteiger partial charge in [-0.15, -0.1) is 0 Å². The Bertz CT molecular complexity index is 860. The van der Waals surface area contributed by atoms with Gasteiger partial charge in [-0.05, 0) is 29.9 Å². The maximum atomic E-state index is 12.4. The zero-order valence-corrected chi connectivity index (χ0v) is 20.2. The molecule has 0 bridgehead atoms. The molecule has 12 heteroatoms. The van der Waals surface area contributed by atoms with E-state index in [0.717, 1.165) is 17.8 Å². The fraction of sp³-hybridized carbons (Fsp3) is 0.636. The standard InChI is InChI=1S/C20H33N5O2.C2HF3O2/c1-13(2)11-22-18-16(19(26)21-5)10-15-6-8-25(9-7-17(15)24-18)20(27)23-12-14(3)4;3-2(4,5)1(6)7/h10,13-14H,6-9,11-12H2,1-5H3,(H,21,26)(H,22,24)(H,23,27);(H,6,7). The van der Waals surface area contributed by atoms with Gasteiger partial charge in [-0.3, -0.25) is 4.79 Å². The van der Waals surface area contributed by atoms with Crippen molar-refractivity contribution < 1.29 is 32.7 Å². The Hall–Kier alpha value is -3.05. The Morgan fingerprint density at radius 1 is 1.09 bits per heavy atom. The summed E-state index contributed by atoms with van der Waals surface area (Å²) < 4.78 is 31.7. The number of aliphatic carboxylic acids is 1. The average molecular weight is 490 g/mol. The molecule has 0 atom stereocenters. The van der Waals surface area contributed by atoms with Crippen molar-refractivity contribution in [1.82, 2.24) is 20.5 Å². The van der Waals surface area contributed by atoms with Crippen LogP contribution in [0, 0.1) is 11.8 Å². The minimum atomic E-state index is -5.08. The third-order valence-corrected chi connectivity index (χ3v) is 4.80. The molecule has 0 unspecified atom stereocenters. The Kier molecular flexibility index (Phi) is 11.1. The minimum Gasteiger partial charge on any atom is -0.475 e. The van der Waals surface area contributed by atoms with Crippen LogP contribution in [0.5, 0.6) is 0 Å². The monoisotopic (exact) mass is 489 g/mol. The number of carboxylic acids is 1. The van der Waals surface area contributed by atoms with Crippen molar-refractivity contribution in [3.8, 4) is 0 Å². The molecule has 192 valence electrons. The Morgan fingerprint density at radius 2 is 1.65 bits per heavy atom. The van der Waals surface area contributed by atoms with Gasteiger partial charge in [0.05, 0.1) is 5.56 Å². The summed E-state index contributed by atoms with van der Waals surface area (Å²) in [7, 11) is 1.63. The number of carboxylic acid groups (broad SMARTS) is 1. The van der Waals surface area contributed by atoms with E-state index in [-0.39, 0.29) is 11.9 Å². The number of nitrogens with one attached hydrogen (secondary N) is 3. The van der Waals surface area contributed by atoms with Crippen LogP contribution in [0.1, 0.15) is 49.3 Å². The van der Waals surface area contributed by atoms with Crippen molar-refractivity contribution in [2.24, 2.45) is 11.8 Å². The number of hydrogen-bond donors (Lipinski definition) is 4. The van der Waals surface area contributed by atoms with E-state index in [0.29, 0.717) is 55.7 Å². The van der Waals surface area contributed by atoms with Gasteiger partial charge < -0.3 is 26.0 Å². The summed E-state index contributed by atoms with van der Waals surface area (Å²) in [6.45, 7) is 11.1. The van der Waals surface area contributed by atoms with Crippen LogP contribution in [0.15, 0.2) is 6.07 Å². The van der Waals surface area contributed by atoms with E-state index in [2.05, 4.69) is 43.6 Å². The van der Waals surface area contributed by atoms with Gasteiger partial charge in [0.1, 0.15) is 5.82 Å². The number of halogens is 3. The van der Waals surface area contributed by atoms with Gasteiger partial charge in [-0.25, -0.2) is 14.6 Å². The van der Waals surface area contributed by atoms with Crippen LogP contribution in [0.2, 0.25) is 0 Å². The number of amides is 3. The first-order chi connectivity index (χ1) is 15.8. The highest BCUT2D eigenvalue weighted by Crippen LogP contribution is 2.22.